The van der Waals surface area contributed by atoms with Gasteiger partial charge >= 0.3 is 6.18 Å². The van der Waals surface area contributed by atoms with Crippen LogP contribution in [0.1, 0.15) is 26.3 Å². The first kappa shape index (κ1) is 22.6. The molecule has 0 aliphatic carbocycles. The molecule has 2 N–H and O–H groups in total. The second-order valence-electron chi connectivity index (χ2n) is 6.98. The molecule has 0 aliphatic heterocycles. The van der Waals surface area contributed by atoms with Crippen LogP contribution in [0.15, 0.2) is 73.1 Å². The molecular weight excluding hydrogens is 456 g/mol. The van der Waals surface area contributed by atoms with E-state index in [4.69, 9.17) is 0 Å². The molecule has 0 aliphatic rings. The zero-order valence-corrected chi connectivity index (χ0v) is 17.0. The lowest BCUT2D eigenvalue weighted by Crippen LogP contribution is -2.18. The van der Waals surface area contributed by atoms with Crippen LogP contribution in [-0.4, -0.2) is 32.0 Å². The molecule has 0 bridgehead atoms. The van der Waals surface area contributed by atoms with Crippen molar-refractivity contribution in [2.24, 2.45) is 0 Å². The molecular formula is C22H14F4N6O2. The van der Waals surface area contributed by atoms with Crippen molar-refractivity contribution in [2.75, 3.05) is 10.6 Å². The Bertz CT molecular complexity index is 1340. The average Bonchev–Trinajstić information content (AvgIpc) is 3.35. The Morgan fingerprint density at radius 3 is 2.26 bits per heavy atom. The van der Waals surface area contributed by atoms with Gasteiger partial charge in [0.2, 0.25) is 0 Å². The summed E-state index contributed by atoms with van der Waals surface area (Å²) in [4.78, 5) is 24.9. The lowest BCUT2D eigenvalue weighted by Gasteiger charge is -2.16. The van der Waals surface area contributed by atoms with Gasteiger partial charge in [-0.1, -0.05) is 6.07 Å². The molecule has 0 spiro atoms. The number of rotatable bonds is 5. The van der Waals surface area contributed by atoms with E-state index in [0.717, 1.165) is 18.2 Å². The van der Waals surface area contributed by atoms with Gasteiger partial charge in [-0.25, -0.2) is 9.07 Å². The first-order chi connectivity index (χ1) is 16.2. The quantitative estimate of drug-likeness (QED) is 0.423. The molecule has 172 valence electrons. The molecule has 12 heteroatoms. The van der Waals surface area contributed by atoms with Crippen molar-refractivity contribution in [3.05, 3.63) is 95.6 Å². The first-order valence-corrected chi connectivity index (χ1v) is 9.63. The van der Waals surface area contributed by atoms with E-state index in [9.17, 15) is 27.2 Å². The minimum absolute atomic E-state index is 0.0646. The molecule has 1 heterocycles. The van der Waals surface area contributed by atoms with Gasteiger partial charge in [0.15, 0.2) is 0 Å². The highest BCUT2D eigenvalue weighted by Gasteiger charge is 2.34. The lowest BCUT2D eigenvalue weighted by atomic mass is 10.1. The number of nitrogens with zero attached hydrogens (tertiary/aromatic N) is 4. The summed E-state index contributed by atoms with van der Waals surface area (Å²) in [5.74, 6) is -2.06. The first-order valence-electron chi connectivity index (χ1n) is 9.63. The largest absolute Gasteiger partial charge is 0.418 e. The van der Waals surface area contributed by atoms with Crippen molar-refractivity contribution in [2.45, 2.75) is 6.18 Å². The maximum atomic E-state index is 13.7. The molecule has 34 heavy (non-hydrogen) atoms. The van der Waals surface area contributed by atoms with E-state index in [2.05, 4.69) is 26.2 Å². The monoisotopic (exact) mass is 470 g/mol. The number of nitrogens with one attached hydrogen (secondary N) is 2. The van der Waals surface area contributed by atoms with E-state index < -0.39 is 35.1 Å². The molecule has 0 saturated carbocycles. The Labute approximate surface area is 189 Å². The number of halogens is 4. The highest BCUT2D eigenvalue weighted by Crippen LogP contribution is 2.37. The van der Waals surface area contributed by atoms with E-state index in [1.54, 1.807) is 6.07 Å². The number of anilines is 2. The van der Waals surface area contributed by atoms with Crippen LogP contribution in [-0.2, 0) is 6.18 Å². The van der Waals surface area contributed by atoms with Gasteiger partial charge in [-0.05, 0) is 71.1 Å². The average molecular weight is 470 g/mol. The number of carbonyl (C=O) groups is 2. The molecule has 4 rings (SSSR count). The summed E-state index contributed by atoms with van der Waals surface area (Å²) in [6.07, 6.45) is -3.52. The minimum atomic E-state index is -4.83. The summed E-state index contributed by atoms with van der Waals surface area (Å²) in [6, 6.07) is 13.5. The predicted octanol–water partition coefficient (Wildman–Crippen LogP) is 4.32. The molecule has 0 saturated heterocycles. The summed E-state index contributed by atoms with van der Waals surface area (Å²) in [7, 11) is 0. The van der Waals surface area contributed by atoms with Crippen LogP contribution in [0, 0.1) is 5.82 Å². The fourth-order valence-electron chi connectivity index (χ4n) is 3.03. The van der Waals surface area contributed by atoms with Gasteiger partial charge in [0.1, 0.15) is 12.1 Å². The number of aromatic nitrogens is 4. The topological polar surface area (TPSA) is 102 Å². The second-order valence-corrected chi connectivity index (χ2v) is 6.98. The third kappa shape index (κ3) is 5.06. The van der Waals surface area contributed by atoms with Crippen molar-refractivity contribution >= 4 is 23.2 Å². The number of alkyl halides is 3. The Morgan fingerprint density at radius 1 is 0.853 bits per heavy atom. The molecule has 0 unspecified atom stereocenters. The highest BCUT2D eigenvalue weighted by atomic mass is 19.4. The summed E-state index contributed by atoms with van der Waals surface area (Å²) in [5, 5.41) is 15.3. The Kier molecular flexibility index (Phi) is 6.04. The molecule has 1 aromatic heterocycles. The zero-order chi connectivity index (χ0) is 24.3. The third-order valence-corrected chi connectivity index (χ3v) is 4.66. The molecule has 0 radical (unpaired) electrons. The van der Waals surface area contributed by atoms with Gasteiger partial charge in [-0.2, -0.15) is 13.2 Å². The van der Waals surface area contributed by atoms with E-state index in [-0.39, 0.29) is 16.8 Å². The number of tetrazole rings is 1. The predicted molar refractivity (Wildman–Crippen MR) is 113 cm³/mol. The molecule has 3 aromatic carbocycles. The van der Waals surface area contributed by atoms with Gasteiger partial charge in [-0.15, -0.1) is 5.10 Å². The Morgan fingerprint density at radius 2 is 1.59 bits per heavy atom. The van der Waals surface area contributed by atoms with E-state index in [1.807, 2.05) is 0 Å². The second kappa shape index (κ2) is 9.10. The van der Waals surface area contributed by atoms with Crippen molar-refractivity contribution in [1.29, 1.82) is 0 Å². The van der Waals surface area contributed by atoms with Crippen molar-refractivity contribution in [3.63, 3.8) is 0 Å². The summed E-state index contributed by atoms with van der Waals surface area (Å²) < 4.78 is 55.4. The van der Waals surface area contributed by atoms with Gasteiger partial charge < -0.3 is 10.6 Å². The van der Waals surface area contributed by atoms with Crippen LogP contribution in [0.4, 0.5) is 28.9 Å². The van der Waals surface area contributed by atoms with Crippen LogP contribution >= 0.6 is 0 Å². The van der Waals surface area contributed by atoms with Crippen molar-refractivity contribution in [3.8, 4) is 5.69 Å². The summed E-state index contributed by atoms with van der Waals surface area (Å²) >= 11 is 0. The van der Waals surface area contributed by atoms with Crippen molar-refractivity contribution in [1.82, 2.24) is 20.2 Å². The minimum Gasteiger partial charge on any atom is -0.322 e. The third-order valence-electron chi connectivity index (χ3n) is 4.66. The fourth-order valence-corrected chi connectivity index (χ4v) is 3.03. The zero-order valence-electron chi connectivity index (χ0n) is 17.0. The van der Waals surface area contributed by atoms with Crippen LogP contribution in [0.5, 0.6) is 0 Å². The summed E-state index contributed by atoms with van der Waals surface area (Å²) in [6.45, 7) is 0. The molecule has 4 aromatic rings. The number of benzene rings is 3. The number of carbonyl (C=O) groups excluding carboxylic acids is 2. The SMILES string of the molecule is O=C(Nc1ccc(NC(=O)c2cccc(-n3cnnn3)c2)c(C(F)(F)F)c1)c1ccc(F)cc1. The number of hydrogen-bond donors (Lipinski definition) is 2. The van der Waals surface area contributed by atoms with E-state index in [0.29, 0.717) is 11.8 Å². The van der Waals surface area contributed by atoms with Crippen LogP contribution < -0.4 is 10.6 Å². The van der Waals surface area contributed by atoms with Crippen LogP contribution in [0.25, 0.3) is 5.69 Å². The number of hydrogen-bond acceptors (Lipinski definition) is 5. The number of amides is 2. The van der Waals surface area contributed by atoms with Crippen LogP contribution in [0.2, 0.25) is 0 Å². The normalized spacial score (nSPS) is 11.2. The Hall–Kier alpha value is -4.61. The summed E-state index contributed by atoms with van der Waals surface area (Å²) in [5.41, 5.74) is -1.23. The van der Waals surface area contributed by atoms with Crippen molar-refractivity contribution < 1.29 is 27.2 Å². The van der Waals surface area contributed by atoms with Crippen LogP contribution in [0.3, 0.4) is 0 Å². The standard InChI is InChI=1S/C22H14F4N6O2/c23-15-6-4-13(5-7-15)20(33)28-16-8-9-19(18(11-16)22(24,25)26)29-21(34)14-2-1-3-17(10-14)32-12-27-30-31-32/h1-12H,(H,28,33)(H,29,34). The lowest BCUT2D eigenvalue weighted by molar-refractivity contribution is -0.136. The maximum absolute atomic E-state index is 13.7. The maximum Gasteiger partial charge on any atom is 0.418 e. The van der Waals surface area contributed by atoms with Gasteiger partial charge in [0.05, 0.1) is 16.9 Å². The van der Waals surface area contributed by atoms with E-state index in [1.165, 1.54) is 47.4 Å². The van der Waals surface area contributed by atoms with E-state index >= 15 is 0 Å². The smallest absolute Gasteiger partial charge is 0.322 e. The van der Waals surface area contributed by atoms with Gasteiger partial charge in [0.25, 0.3) is 11.8 Å². The molecule has 8 nitrogen and oxygen atoms in total. The van der Waals surface area contributed by atoms with Gasteiger partial charge in [-0.3, -0.25) is 9.59 Å². The fraction of sp³-hybridized carbons (Fsp3) is 0.0455. The Balaban J connectivity index is 1.57. The van der Waals surface area contributed by atoms with Gasteiger partial charge in [0, 0.05) is 16.8 Å². The molecule has 0 atom stereocenters. The molecule has 0 fully saturated rings. The molecule has 2 amide bonds. The highest BCUT2D eigenvalue weighted by molar-refractivity contribution is 6.06.